The van der Waals surface area contributed by atoms with Crippen molar-refractivity contribution >= 4 is 6.03 Å². The maximum absolute atomic E-state index is 12.1. The van der Waals surface area contributed by atoms with Gasteiger partial charge in [-0.15, -0.1) is 0 Å². The Kier molecular flexibility index (Phi) is 5.55. The number of hydrogen-bond acceptors (Lipinski definition) is 2. The van der Waals surface area contributed by atoms with Crippen LogP contribution in [0.25, 0.3) is 0 Å². The summed E-state index contributed by atoms with van der Waals surface area (Å²) in [6.45, 7) is 3.82. The van der Waals surface area contributed by atoms with E-state index in [-0.39, 0.29) is 18.7 Å². The van der Waals surface area contributed by atoms with Gasteiger partial charge in [0, 0.05) is 0 Å². The molecule has 0 heterocycles. The first-order valence-corrected chi connectivity index (χ1v) is 7.39. The van der Waals surface area contributed by atoms with Gasteiger partial charge >= 0.3 is 6.03 Å². The summed E-state index contributed by atoms with van der Waals surface area (Å²) in [5.74, 6) is 0. The molecule has 0 aromatic heterocycles. The Morgan fingerprint density at radius 2 is 1.64 bits per heavy atom. The predicted molar refractivity (Wildman–Crippen MR) is 87.5 cm³/mol. The van der Waals surface area contributed by atoms with Gasteiger partial charge in [0.15, 0.2) is 0 Å². The second-order valence-electron chi connectivity index (χ2n) is 5.40. The zero-order valence-corrected chi connectivity index (χ0v) is 12.9. The largest absolute Gasteiger partial charge is 0.394 e. The summed E-state index contributed by atoms with van der Waals surface area (Å²) in [5, 5.41) is 15.2. The minimum Gasteiger partial charge on any atom is -0.394 e. The van der Waals surface area contributed by atoms with Gasteiger partial charge in [0.25, 0.3) is 0 Å². The Hall–Kier alpha value is -2.33. The molecule has 0 radical (unpaired) electrons. The zero-order valence-electron chi connectivity index (χ0n) is 12.9. The van der Waals surface area contributed by atoms with Gasteiger partial charge in [-0.2, -0.15) is 0 Å². The molecule has 0 aliphatic carbocycles. The topological polar surface area (TPSA) is 61.4 Å². The van der Waals surface area contributed by atoms with Crippen molar-refractivity contribution in [3.05, 3.63) is 71.3 Å². The van der Waals surface area contributed by atoms with Crippen LogP contribution in [-0.2, 0) is 0 Å². The average Bonchev–Trinajstić information content (AvgIpc) is 2.54. The molecule has 0 saturated heterocycles. The number of aryl methyl sites for hydroxylation is 1. The summed E-state index contributed by atoms with van der Waals surface area (Å²) in [5.41, 5.74) is 3.11. The molecule has 116 valence electrons. The molecule has 2 unspecified atom stereocenters. The van der Waals surface area contributed by atoms with E-state index >= 15 is 0 Å². The maximum atomic E-state index is 12.1. The molecule has 2 rings (SSSR count). The van der Waals surface area contributed by atoms with Crippen molar-refractivity contribution < 1.29 is 9.90 Å². The molecule has 0 aliphatic heterocycles. The van der Waals surface area contributed by atoms with E-state index in [1.54, 1.807) is 0 Å². The Bertz CT molecular complexity index is 596. The first-order chi connectivity index (χ1) is 10.6. The molecule has 4 nitrogen and oxygen atoms in total. The second-order valence-corrected chi connectivity index (χ2v) is 5.40. The smallest absolute Gasteiger partial charge is 0.315 e. The molecule has 0 aliphatic rings. The van der Waals surface area contributed by atoms with Gasteiger partial charge in [-0.05, 0) is 25.0 Å². The Morgan fingerprint density at radius 3 is 2.23 bits per heavy atom. The van der Waals surface area contributed by atoms with Gasteiger partial charge in [0.05, 0.1) is 18.7 Å². The van der Waals surface area contributed by atoms with Crippen LogP contribution >= 0.6 is 0 Å². The minimum absolute atomic E-state index is 0.101. The van der Waals surface area contributed by atoms with Gasteiger partial charge < -0.3 is 15.7 Å². The standard InChI is InChI=1S/C18H22N2O2/c1-13-8-10-15(11-9-13)14(2)19-18(22)20-17(12-21)16-6-4-3-5-7-16/h3-11,14,17,21H,12H2,1-2H3,(H2,19,20,22). The number of rotatable bonds is 5. The van der Waals surface area contributed by atoms with Crippen molar-refractivity contribution in [3.63, 3.8) is 0 Å². The van der Waals surface area contributed by atoms with Crippen molar-refractivity contribution in [2.24, 2.45) is 0 Å². The summed E-state index contributed by atoms with van der Waals surface area (Å²) < 4.78 is 0. The van der Waals surface area contributed by atoms with E-state index in [1.807, 2.05) is 68.4 Å². The fourth-order valence-corrected chi connectivity index (χ4v) is 2.25. The number of aliphatic hydroxyl groups is 1. The summed E-state index contributed by atoms with van der Waals surface area (Å²) >= 11 is 0. The SMILES string of the molecule is Cc1ccc(C(C)NC(=O)NC(CO)c2ccccc2)cc1. The highest BCUT2D eigenvalue weighted by Gasteiger charge is 2.15. The lowest BCUT2D eigenvalue weighted by molar-refractivity contribution is 0.214. The van der Waals surface area contributed by atoms with Crippen LogP contribution in [0.4, 0.5) is 4.79 Å². The number of aliphatic hydroxyl groups excluding tert-OH is 1. The van der Waals surface area contributed by atoms with Crippen molar-refractivity contribution in [2.75, 3.05) is 6.61 Å². The molecule has 2 atom stereocenters. The predicted octanol–water partition coefficient (Wildman–Crippen LogP) is 3.09. The second kappa shape index (κ2) is 7.61. The third kappa shape index (κ3) is 4.33. The minimum atomic E-state index is -0.411. The van der Waals surface area contributed by atoms with E-state index in [9.17, 15) is 9.90 Å². The average molecular weight is 298 g/mol. The third-order valence-electron chi connectivity index (χ3n) is 3.61. The highest BCUT2D eigenvalue weighted by Crippen LogP contribution is 2.14. The summed E-state index contributed by atoms with van der Waals surface area (Å²) in [6.07, 6.45) is 0. The van der Waals surface area contributed by atoms with E-state index in [0.29, 0.717) is 0 Å². The number of amides is 2. The first-order valence-electron chi connectivity index (χ1n) is 7.39. The van der Waals surface area contributed by atoms with E-state index in [2.05, 4.69) is 10.6 Å². The normalized spacial score (nSPS) is 13.2. The van der Waals surface area contributed by atoms with Crippen molar-refractivity contribution in [2.45, 2.75) is 25.9 Å². The van der Waals surface area contributed by atoms with Gasteiger partial charge in [-0.1, -0.05) is 60.2 Å². The molecule has 3 N–H and O–H groups in total. The van der Waals surface area contributed by atoms with Crippen LogP contribution in [0, 0.1) is 6.92 Å². The summed E-state index contributed by atoms with van der Waals surface area (Å²) in [4.78, 5) is 12.1. The molecular weight excluding hydrogens is 276 g/mol. The molecule has 2 aromatic carbocycles. The lowest BCUT2D eigenvalue weighted by atomic mass is 10.1. The fourth-order valence-electron chi connectivity index (χ4n) is 2.25. The Labute approximate surface area is 131 Å². The molecule has 0 spiro atoms. The fraction of sp³-hybridized carbons (Fsp3) is 0.278. The van der Waals surface area contributed by atoms with Crippen LogP contribution in [0.3, 0.4) is 0 Å². The molecule has 0 fully saturated rings. The number of benzene rings is 2. The van der Waals surface area contributed by atoms with Gasteiger partial charge in [0.2, 0.25) is 0 Å². The molecule has 2 aromatic rings. The number of carbonyl (C=O) groups excluding carboxylic acids is 1. The van der Waals surface area contributed by atoms with Crippen LogP contribution < -0.4 is 10.6 Å². The van der Waals surface area contributed by atoms with Gasteiger partial charge in [-0.25, -0.2) is 4.79 Å². The lowest BCUT2D eigenvalue weighted by Crippen LogP contribution is -2.40. The number of hydrogen-bond donors (Lipinski definition) is 3. The van der Waals surface area contributed by atoms with Crippen molar-refractivity contribution in [1.82, 2.24) is 10.6 Å². The van der Waals surface area contributed by atoms with Gasteiger partial charge in [-0.3, -0.25) is 0 Å². The first kappa shape index (κ1) is 16.0. The summed E-state index contributed by atoms with van der Waals surface area (Å²) in [6, 6.07) is 16.7. The van der Waals surface area contributed by atoms with Gasteiger partial charge in [0.1, 0.15) is 0 Å². The number of carbonyl (C=O) groups is 1. The monoisotopic (exact) mass is 298 g/mol. The van der Waals surface area contributed by atoms with Crippen LogP contribution in [-0.4, -0.2) is 17.7 Å². The highest BCUT2D eigenvalue weighted by molar-refractivity contribution is 5.75. The van der Waals surface area contributed by atoms with Crippen LogP contribution in [0.2, 0.25) is 0 Å². The molecule has 22 heavy (non-hydrogen) atoms. The Balaban J connectivity index is 1.95. The highest BCUT2D eigenvalue weighted by atomic mass is 16.3. The number of urea groups is 1. The lowest BCUT2D eigenvalue weighted by Gasteiger charge is -2.20. The van der Waals surface area contributed by atoms with Crippen LogP contribution in [0.1, 0.15) is 35.7 Å². The van der Waals surface area contributed by atoms with Crippen LogP contribution in [0.5, 0.6) is 0 Å². The number of nitrogens with one attached hydrogen (secondary N) is 2. The summed E-state index contributed by atoms with van der Waals surface area (Å²) in [7, 11) is 0. The quantitative estimate of drug-likeness (QED) is 0.794. The molecular formula is C18H22N2O2. The van der Waals surface area contributed by atoms with Crippen molar-refractivity contribution in [1.29, 1.82) is 0 Å². The molecule has 2 amide bonds. The molecule has 0 saturated carbocycles. The van der Waals surface area contributed by atoms with E-state index in [4.69, 9.17) is 0 Å². The molecule has 0 bridgehead atoms. The van der Waals surface area contributed by atoms with E-state index < -0.39 is 6.04 Å². The van der Waals surface area contributed by atoms with E-state index in [0.717, 1.165) is 11.1 Å². The third-order valence-corrected chi connectivity index (χ3v) is 3.61. The van der Waals surface area contributed by atoms with Crippen molar-refractivity contribution in [3.8, 4) is 0 Å². The Morgan fingerprint density at radius 1 is 1.00 bits per heavy atom. The van der Waals surface area contributed by atoms with Crippen LogP contribution in [0.15, 0.2) is 54.6 Å². The van der Waals surface area contributed by atoms with E-state index in [1.165, 1.54) is 5.56 Å². The zero-order chi connectivity index (χ0) is 15.9. The maximum Gasteiger partial charge on any atom is 0.315 e. The molecule has 4 heteroatoms.